The van der Waals surface area contributed by atoms with E-state index in [9.17, 15) is 0 Å². The molecule has 0 spiro atoms. The van der Waals surface area contributed by atoms with E-state index in [4.69, 9.17) is 14.6 Å². The van der Waals surface area contributed by atoms with Gasteiger partial charge in [0.15, 0.2) is 6.29 Å². The van der Waals surface area contributed by atoms with Gasteiger partial charge in [-0.3, -0.25) is 0 Å². The average molecular weight is 206 g/mol. The molecule has 1 aromatic rings. The van der Waals surface area contributed by atoms with Crippen LogP contribution >= 0.6 is 0 Å². The third-order valence-corrected chi connectivity index (χ3v) is 2.22. The van der Waals surface area contributed by atoms with Crippen molar-refractivity contribution in [2.24, 2.45) is 0 Å². The number of benzene rings is 1. The van der Waals surface area contributed by atoms with Gasteiger partial charge in [0.2, 0.25) is 0 Å². The van der Waals surface area contributed by atoms with E-state index in [0.717, 1.165) is 5.56 Å². The molecule has 1 heterocycles. The van der Waals surface area contributed by atoms with Crippen LogP contribution in [0.2, 0.25) is 0 Å². The van der Waals surface area contributed by atoms with Crippen LogP contribution < -0.4 is 0 Å². The maximum absolute atomic E-state index is 8.84. The van der Waals surface area contributed by atoms with Crippen molar-refractivity contribution < 1.29 is 14.6 Å². The highest BCUT2D eigenvalue weighted by atomic mass is 16.7. The van der Waals surface area contributed by atoms with Crippen molar-refractivity contribution in [3.8, 4) is 0 Å². The second kappa shape index (κ2) is 5.07. The highest BCUT2D eigenvalue weighted by Gasteiger charge is 2.22. The number of aliphatic hydroxyl groups excluding tert-OH is 1. The molecule has 0 unspecified atom stereocenters. The van der Waals surface area contributed by atoms with Crippen molar-refractivity contribution in [2.75, 3.05) is 13.2 Å². The van der Waals surface area contributed by atoms with Crippen LogP contribution in [0, 0.1) is 0 Å². The van der Waals surface area contributed by atoms with Crippen molar-refractivity contribution in [1.82, 2.24) is 0 Å². The lowest BCUT2D eigenvalue weighted by atomic mass is 10.2. The Hall–Kier alpha value is -1.16. The average Bonchev–Trinajstić information content (AvgIpc) is 2.76. The van der Waals surface area contributed by atoms with Gasteiger partial charge in [-0.2, -0.15) is 0 Å². The van der Waals surface area contributed by atoms with Gasteiger partial charge in [0.25, 0.3) is 0 Å². The van der Waals surface area contributed by atoms with Crippen LogP contribution in [0.3, 0.4) is 0 Å². The largest absolute Gasteiger partial charge is 0.394 e. The predicted molar refractivity (Wildman–Crippen MR) is 57.2 cm³/mol. The predicted octanol–water partition coefficient (Wildman–Crippen LogP) is 1.43. The van der Waals surface area contributed by atoms with Gasteiger partial charge in [0.05, 0.1) is 13.2 Å². The Labute approximate surface area is 88.9 Å². The van der Waals surface area contributed by atoms with Crippen LogP contribution in [0.15, 0.2) is 36.4 Å². The number of aliphatic hydroxyl groups is 1. The Morgan fingerprint density at radius 2 is 2.13 bits per heavy atom. The molecule has 1 aliphatic heterocycles. The Kier molecular flexibility index (Phi) is 3.50. The smallest absolute Gasteiger partial charge is 0.177 e. The molecule has 1 aliphatic rings. The van der Waals surface area contributed by atoms with Crippen molar-refractivity contribution in [3.05, 3.63) is 42.0 Å². The normalized spacial score (nSPS) is 26.2. The first-order chi connectivity index (χ1) is 7.38. The molecule has 3 nitrogen and oxygen atoms in total. The van der Waals surface area contributed by atoms with Crippen LogP contribution in [0.4, 0.5) is 0 Å². The van der Waals surface area contributed by atoms with Crippen LogP contribution in [0.5, 0.6) is 0 Å². The monoisotopic (exact) mass is 206 g/mol. The molecule has 1 fully saturated rings. The van der Waals surface area contributed by atoms with E-state index >= 15 is 0 Å². The second-order valence-electron chi connectivity index (χ2n) is 3.41. The van der Waals surface area contributed by atoms with Gasteiger partial charge in [0, 0.05) is 0 Å². The fraction of sp³-hybridized carbons (Fsp3) is 0.333. The summed E-state index contributed by atoms with van der Waals surface area (Å²) in [6.07, 6.45) is 3.29. The lowest BCUT2D eigenvalue weighted by Crippen LogP contribution is -2.15. The van der Waals surface area contributed by atoms with Crippen LogP contribution in [-0.2, 0) is 9.47 Å². The quantitative estimate of drug-likeness (QED) is 0.813. The zero-order valence-electron chi connectivity index (χ0n) is 8.37. The fourth-order valence-electron chi connectivity index (χ4n) is 1.42. The van der Waals surface area contributed by atoms with E-state index in [1.807, 2.05) is 42.5 Å². The molecule has 2 rings (SSSR count). The summed E-state index contributed by atoms with van der Waals surface area (Å²) < 4.78 is 10.7. The molecule has 80 valence electrons. The van der Waals surface area contributed by atoms with Gasteiger partial charge < -0.3 is 14.6 Å². The first-order valence-electron chi connectivity index (χ1n) is 4.99. The van der Waals surface area contributed by atoms with E-state index in [1.54, 1.807) is 0 Å². The third kappa shape index (κ3) is 2.89. The molecule has 0 amide bonds. The van der Waals surface area contributed by atoms with E-state index in [0.29, 0.717) is 6.61 Å². The van der Waals surface area contributed by atoms with E-state index in [2.05, 4.69) is 0 Å². The molecule has 15 heavy (non-hydrogen) atoms. The van der Waals surface area contributed by atoms with Crippen LogP contribution in [0.1, 0.15) is 5.56 Å². The lowest BCUT2D eigenvalue weighted by Gasteiger charge is -2.04. The zero-order valence-corrected chi connectivity index (χ0v) is 8.37. The minimum Gasteiger partial charge on any atom is -0.394 e. The first kappa shape index (κ1) is 10.4. The van der Waals surface area contributed by atoms with Crippen LogP contribution in [-0.4, -0.2) is 30.7 Å². The minimum atomic E-state index is -0.331. The van der Waals surface area contributed by atoms with Gasteiger partial charge in [-0.05, 0) is 11.6 Å². The topological polar surface area (TPSA) is 38.7 Å². The van der Waals surface area contributed by atoms with E-state index in [-0.39, 0.29) is 19.0 Å². The van der Waals surface area contributed by atoms with Crippen molar-refractivity contribution in [3.63, 3.8) is 0 Å². The molecule has 0 aromatic heterocycles. The van der Waals surface area contributed by atoms with Gasteiger partial charge in [-0.15, -0.1) is 0 Å². The Bertz CT molecular complexity index is 321. The van der Waals surface area contributed by atoms with E-state index < -0.39 is 0 Å². The maximum atomic E-state index is 8.84. The Morgan fingerprint density at radius 1 is 1.33 bits per heavy atom. The van der Waals surface area contributed by atoms with Gasteiger partial charge in [-0.1, -0.05) is 36.4 Å². The summed E-state index contributed by atoms with van der Waals surface area (Å²) in [4.78, 5) is 0. The molecule has 0 radical (unpaired) electrons. The molecule has 1 N–H and O–H groups in total. The van der Waals surface area contributed by atoms with Crippen molar-refractivity contribution in [1.29, 1.82) is 0 Å². The summed E-state index contributed by atoms with van der Waals surface area (Å²) in [5, 5.41) is 8.84. The molecule has 0 saturated carbocycles. The first-order valence-corrected chi connectivity index (χ1v) is 4.99. The summed E-state index contributed by atoms with van der Waals surface area (Å²) in [6.45, 7) is 0.468. The Morgan fingerprint density at radius 3 is 2.80 bits per heavy atom. The standard InChI is InChI=1S/C12H14O3/c13-8-11-9-14-12(15-11)7-6-10-4-2-1-3-5-10/h1-7,11-13H,8-9H2/b7-6+/t11-,12-/m1/s1. The lowest BCUT2D eigenvalue weighted by molar-refractivity contribution is -0.0293. The summed E-state index contributed by atoms with van der Waals surface area (Å²) in [5.74, 6) is 0. The molecular formula is C12H14O3. The maximum Gasteiger partial charge on any atom is 0.177 e. The molecule has 0 bridgehead atoms. The minimum absolute atomic E-state index is 0.00960. The second-order valence-corrected chi connectivity index (χ2v) is 3.41. The summed E-state index contributed by atoms with van der Waals surface area (Å²) in [6, 6.07) is 9.95. The third-order valence-electron chi connectivity index (χ3n) is 2.22. The number of hydrogen-bond acceptors (Lipinski definition) is 3. The molecular weight excluding hydrogens is 192 g/mol. The SMILES string of the molecule is OC[C@@H]1CO[C@@H](/C=C/c2ccccc2)O1. The molecule has 2 atom stereocenters. The van der Waals surface area contributed by atoms with Crippen molar-refractivity contribution in [2.45, 2.75) is 12.4 Å². The molecule has 3 heteroatoms. The summed E-state index contributed by atoms with van der Waals surface area (Å²) >= 11 is 0. The number of hydrogen-bond donors (Lipinski definition) is 1. The molecule has 1 aromatic carbocycles. The Balaban J connectivity index is 1.90. The van der Waals surface area contributed by atoms with E-state index in [1.165, 1.54) is 0 Å². The zero-order chi connectivity index (χ0) is 10.5. The molecule has 0 aliphatic carbocycles. The fourth-order valence-corrected chi connectivity index (χ4v) is 1.42. The summed E-state index contributed by atoms with van der Waals surface area (Å²) in [7, 11) is 0. The van der Waals surface area contributed by atoms with Crippen LogP contribution in [0.25, 0.3) is 6.08 Å². The highest BCUT2D eigenvalue weighted by molar-refractivity contribution is 5.48. The highest BCUT2D eigenvalue weighted by Crippen LogP contribution is 2.13. The van der Waals surface area contributed by atoms with Gasteiger partial charge in [0.1, 0.15) is 6.10 Å². The molecule has 1 saturated heterocycles. The van der Waals surface area contributed by atoms with Gasteiger partial charge in [-0.25, -0.2) is 0 Å². The van der Waals surface area contributed by atoms with Crippen molar-refractivity contribution >= 4 is 6.08 Å². The van der Waals surface area contributed by atoms with Gasteiger partial charge >= 0.3 is 0 Å². The number of ether oxygens (including phenoxy) is 2. The number of rotatable bonds is 3. The summed E-state index contributed by atoms with van der Waals surface area (Å²) in [5.41, 5.74) is 1.11.